The fourth-order valence-corrected chi connectivity index (χ4v) is 2.11. The molecular formula is C12H24N2O2. The summed E-state index contributed by atoms with van der Waals surface area (Å²) in [5.74, 6) is 0.997. The Balaban J connectivity index is 2.31. The highest BCUT2D eigenvalue weighted by atomic mass is 16.5. The number of carbonyl (C=O) groups excluding carboxylic acids is 1. The number of ether oxygens (including phenoxy) is 1. The average Bonchev–Trinajstić information content (AvgIpc) is 2.28. The summed E-state index contributed by atoms with van der Waals surface area (Å²) in [6.07, 6.45) is 1.00. The van der Waals surface area contributed by atoms with Gasteiger partial charge in [0.2, 0.25) is 5.91 Å². The molecule has 4 heteroatoms. The first-order valence-electron chi connectivity index (χ1n) is 6.18. The number of nitrogens with one attached hydrogen (secondary N) is 1. The molecule has 1 N–H and O–H groups in total. The maximum absolute atomic E-state index is 12.1. The van der Waals surface area contributed by atoms with Crippen LogP contribution in [0.4, 0.5) is 0 Å². The third-order valence-electron chi connectivity index (χ3n) is 3.07. The second-order valence-electron chi connectivity index (χ2n) is 4.65. The van der Waals surface area contributed by atoms with Crippen LogP contribution in [0.25, 0.3) is 0 Å². The largest absolute Gasteiger partial charge is 0.380 e. The molecule has 0 saturated carbocycles. The summed E-state index contributed by atoms with van der Waals surface area (Å²) in [5.41, 5.74) is 0. The molecule has 1 heterocycles. The van der Waals surface area contributed by atoms with Crippen molar-refractivity contribution >= 4 is 5.91 Å². The van der Waals surface area contributed by atoms with Crippen LogP contribution in [0.2, 0.25) is 0 Å². The van der Waals surface area contributed by atoms with Crippen LogP contribution >= 0.6 is 0 Å². The lowest BCUT2D eigenvalue weighted by Crippen LogP contribution is -2.44. The number of hydrogen-bond donors (Lipinski definition) is 1. The molecule has 1 amide bonds. The van der Waals surface area contributed by atoms with Gasteiger partial charge in [0.25, 0.3) is 0 Å². The van der Waals surface area contributed by atoms with E-state index < -0.39 is 0 Å². The van der Waals surface area contributed by atoms with E-state index in [2.05, 4.69) is 12.2 Å². The monoisotopic (exact) mass is 228 g/mol. The van der Waals surface area contributed by atoms with Crippen LogP contribution in [-0.2, 0) is 9.53 Å². The minimum atomic E-state index is 0.148. The SMILES string of the molecule is CCOCCN(C)C(=O)C1CNCC(C)C1. The van der Waals surface area contributed by atoms with Crippen LogP contribution in [0.1, 0.15) is 20.3 Å². The van der Waals surface area contributed by atoms with Crippen molar-refractivity contribution < 1.29 is 9.53 Å². The maximum atomic E-state index is 12.1. The van der Waals surface area contributed by atoms with Gasteiger partial charge < -0.3 is 15.0 Å². The van der Waals surface area contributed by atoms with Crippen LogP contribution < -0.4 is 5.32 Å². The first kappa shape index (κ1) is 13.5. The summed E-state index contributed by atoms with van der Waals surface area (Å²) in [6.45, 7) is 8.05. The third kappa shape index (κ3) is 4.10. The van der Waals surface area contributed by atoms with Gasteiger partial charge in [-0.25, -0.2) is 0 Å². The average molecular weight is 228 g/mol. The summed E-state index contributed by atoms with van der Waals surface area (Å²) in [4.78, 5) is 13.9. The van der Waals surface area contributed by atoms with Crippen molar-refractivity contribution in [3.05, 3.63) is 0 Å². The van der Waals surface area contributed by atoms with E-state index in [0.717, 1.165) is 19.5 Å². The molecule has 0 bridgehead atoms. The van der Waals surface area contributed by atoms with E-state index in [1.165, 1.54) is 0 Å². The molecule has 1 aliphatic heterocycles. The molecule has 2 unspecified atom stereocenters. The number of nitrogens with zero attached hydrogens (tertiary/aromatic N) is 1. The van der Waals surface area contributed by atoms with Gasteiger partial charge in [0, 0.05) is 26.7 Å². The molecule has 1 aliphatic rings. The molecule has 1 saturated heterocycles. The topological polar surface area (TPSA) is 41.6 Å². The second kappa shape index (κ2) is 6.86. The predicted molar refractivity (Wildman–Crippen MR) is 64.3 cm³/mol. The van der Waals surface area contributed by atoms with Crippen molar-refractivity contribution in [1.29, 1.82) is 0 Å². The Morgan fingerprint density at radius 2 is 2.25 bits per heavy atom. The van der Waals surface area contributed by atoms with Crippen LogP contribution in [-0.4, -0.2) is 50.7 Å². The van der Waals surface area contributed by atoms with E-state index in [0.29, 0.717) is 25.7 Å². The Labute approximate surface area is 98.3 Å². The molecule has 1 fully saturated rings. The van der Waals surface area contributed by atoms with Gasteiger partial charge >= 0.3 is 0 Å². The lowest BCUT2D eigenvalue weighted by molar-refractivity contribution is -0.135. The molecule has 2 atom stereocenters. The van der Waals surface area contributed by atoms with Crippen molar-refractivity contribution in [3.63, 3.8) is 0 Å². The van der Waals surface area contributed by atoms with Crippen molar-refractivity contribution in [2.24, 2.45) is 11.8 Å². The van der Waals surface area contributed by atoms with Crippen molar-refractivity contribution in [3.8, 4) is 0 Å². The zero-order valence-electron chi connectivity index (χ0n) is 10.7. The van der Waals surface area contributed by atoms with Gasteiger partial charge in [-0.15, -0.1) is 0 Å². The Bertz CT molecular complexity index is 221. The third-order valence-corrected chi connectivity index (χ3v) is 3.07. The van der Waals surface area contributed by atoms with Gasteiger partial charge in [-0.05, 0) is 25.8 Å². The van der Waals surface area contributed by atoms with Crippen LogP contribution in [0.5, 0.6) is 0 Å². The number of piperidine rings is 1. The lowest BCUT2D eigenvalue weighted by Gasteiger charge is -2.30. The Hall–Kier alpha value is -0.610. The van der Waals surface area contributed by atoms with E-state index in [-0.39, 0.29) is 11.8 Å². The quantitative estimate of drug-likeness (QED) is 0.705. The zero-order valence-corrected chi connectivity index (χ0v) is 10.7. The molecule has 0 aromatic rings. The minimum Gasteiger partial charge on any atom is -0.380 e. The molecule has 0 spiro atoms. The molecule has 16 heavy (non-hydrogen) atoms. The highest BCUT2D eigenvalue weighted by molar-refractivity contribution is 5.78. The molecule has 0 aromatic carbocycles. The summed E-state index contributed by atoms with van der Waals surface area (Å²) in [6, 6.07) is 0. The predicted octanol–water partition coefficient (Wildman–Crippen LogP) is 0.727. The number of likely N-dealkylation sites (N-methyl/N-ethyl adjacent to an activating group) is 1. The van der Waals surface area contributed by atoms with Crippen LogP contribution in [0.15, 0.2) is 0 Å². The van der Waals surface area contributed by atoms with E-state index in [9.17, 15) is 4.79 Å². The van der Waals surface area contributed by atoms with E-state index >= 15 is 0 Å². The normalized spacial score (nSPS) is 25.4. The van der Waals surface area contributed by atoms with Gasteiger partial charge in [0.05, 0.1) is 12.5 Å². The molecular weight excluding hydrogens is 204 g/mol. The van der Waals surface area contributed by atoms with Gasteiger partial charge in [-0.2, -0.15) is 0 Å². The smallest absolute Gasteiger partial charge is 0.226 e. The van der Waals surface area contributed by atoms with Gasteiger partial charge in [0.1, 0.15) is 0 Å². The minimum absolute atomic E-state index is 0.148. The van der Waals surface area contributed by atoms with Gasteiger partial charge in [0.15, 0.2) is 0 Å². The molecule has 0 radical (unpaired) electrons. The van der Waals surface area contributed by atoms with Crippen molar-refractivity contribution in [2.75, 3.05) is 39.9 Å². The van der Waals surface area contributed by atoms with Gasteiger partial charge in [-0.1, -0.05) is 6.92 Å². The first-order valence-corrected chi connectivity index (χ1v) is 6.18. The Kier molecular flexibility index (Phi) is 5.77. The highest BCUT2D eigenvalue weighted by Gasteiger charge is 2.26. The summed E-state index contributed by atoms with van der Waals surface area (Å²) in [5, 5.41) is 3.31. The Morgan fingerprint density at radius 3 is 2.88 bits per heavy atom. The number of carbonyl (C=O) groups is 1. The summed E-state index contributed by atoms with van der Waals surface area (Å²) >= 11 is 0. The number of rotatable bonds is 5. The van der Waals surface area contributed by atoms with E-state index in [1.54, 1.807) is 4.90 Å². The Morgan fingerprint density at radius 1 is 1.50 bits per heavy atom. The number of hydrogen-bond acceptors (Lipinski definition) is 3. The summed E-state index contributed by atoms with van der Waals surface area (Å²) in [7, 11) is 1.86. The van der Waals surface area contributed by atoms with E-state index in [4.69, 9.17) is 4.74 Å². The van der Waals surface area contributed by atoms with Crippen LogP contribution in [0, 0.1) is 11.8 Å². The first-order chi connectivity index (χ1) is 7.65. The maximum Gasteiger partial charge on any atom is 0.226 e. The lowest BCUT2D eigenvalue weighted by atomic mass is 9.91. The molecule has 0 aromatic heterocycles. The molecule has 0 aliphatic carbocycles. The second-order valence-corrected chi connectivity index (χ2v) is 4.65. The fourth-order valence-electron chi connectivity index (χ4n) is 2.11. The summed E-state index contributed by atoms with van der Waals surface area (Å²) < 4.78 is 5.25. The van der Waals surface area contributed by atoms with Gasteiger partial charge in [-0.3, -0.25) is 4.79 Å². The zero-order chi connectivity index (χ0) is 12.0. The van der Waals surface area contributed by atoms with Crippen LogP contribution in [0.3, 0.4) is 0 Å². The van der Waals surface area contributed by atoms with E-state index in [1.807, 2.05) is 14.0 Å². The number of amides is 1. The highest BCUT2D eigenvalue weighted by Crippen LogP contribution is 2.17. The van der Waals surface area contributed by atoms with Crippen molar-refractivity contribution in [1.82, 2.24) is 10.2 Å². The molecule has 4 nitrogen and oxygen atoms in total. The molecule has 1 rings (SSSR count). The standard InChI is InChI=1S/C12H24N2O2/c1-4-16-6-5-14(3)12(15)11-7-10(2)8-13-9-11/h10-11,13H,4-9H2,1-3H3. The fraction of sp³-hybridized carbons (Fsp3) is 0.917. The van der Waals surface area contributed by atoms with Crippen molar-refractivity contribution in [2.45, 2.75) is 20.3 Å². The molecule has 94 valence electrons.